The van der Waals surface area contributed by atoms with Crippen LogP contribution in [0.1, 0.15) is 58.3 Å². The lowest BCUT2D eigenvalue weighted by molar-refractivity contribution is 0.312. The molecule has 0 heteroatoms. The maximum absolute atomic E-state index is 4.08. The van der Waals surface area contributed by atoms with E-state index in [1.807, 2.05) is 0 Å². The van der Waals surface area contributed by atoms with Gasteiger partial charge in [-0.1, -0.05) is 65.2 Å². The minimum Gasteiger partial charge on any atom is -0.0654 e. The van der Waals surface area contributed by atoms with Gasteiger partial charge >= 0.3 is 0 Å². The van der Waals surface area contributed by atoms with Crippen LogP contribution in [-0.2, 0) is 0 Å². The van der Waals surface area contributed by atoms with Crippen LogP contribution in [0.25, 0.3) is 0 Å². The molecule has 1 fully saturated rings. The fraction of sp³-hybridized carbons (Fsp3) is 0.917. The van der Waals surface area contributed by atoms with Gasteiger partial charge in [0.1, 0.15) is 0 Å². The molecule has 0 N–H and O–H groups in total. The van der Waals surface area contributed by atoms with Crippen LogP contribution in [0.5, 0.6) is 0 Å². The highest BCUT2D eigenvalue weighted by Crippen LogP contribution is 2.35. The summed E-state index contributed by atoms with van der Waals surface area (Å²) in [7, 11) is 0. The molecule has 0 amide bonds. The van der Waals surface area contributed by atoms with Crippen LogP contribution >= 0.6 is 0 Å². The van der Waals surface area contributed by atoms with Crippen molar-refractivity contribution in [2.45, 2.75) is 58.3 Å². The predicted octanol–water partition coefficient (Wildman–Crippen LogP) is 4.21. The fourth-order valence-corrected chi connectivity index (χ4v) is 2.51. The van der Waals surface area contributed by atoms with E-state index in [-0.39, 0.29) is 0 Å². The monoisotopic (exact) mass is 167 g/mol. The van der Waals surface area contributed by atoms with E-state index in [2.05, 4.69) is 13.8 Å². The van der Waals surface area contributed by atoms with E-state index in [1.165, 1.54) is 51.4 Å². The topological polar surface area (TPSA) is 0 Å². The van der Waals surface area contributed by atoms with E-state index >= 15 is 0 Å². The standard InChI is InChI=1S/C12H23/c1-3-5-8-11(4-2)12-9-6-7-10-12/h11-12H,2-10H2,1H3. The molecular formula is C12H23. The molecule has 0 spiro atoms. The Morgan fingerprint density at radius 1 is 1.33 bits per heavy atom. The zero-order valence-electron chi connectivity index (χ0n) is 8.52. The summed E-state index contributed by atoms with van der Waals surface area (Å²) in [4.78, 5) is 0. The highest BCUT2D eigenvalue weighted by Gasteiger charge is 2.22. The van der Waals surface area contributed by atoms with Crippen molar-refractivity contribution in [2.75, 3.05) is 0 Å². The summed E-state index contributed by atoms with van der Waals surface area (Å²) in [6.07, 6.45) is 11.3. The second-order valence-electron chi connectivity index (χ2n) is 4.24. The normalized spacial score (nSPS) is 21.5. The molecule has 0 nitrogen and oxygen atoms in total. The van der Waals surface area contributed by atoms with Crippen molar-refractivity contribution < 1.29 is 0 Å². The Labute approximate surface area is 77.7 Å². The van der Waals surface area contributed by atoms with Crippen molar-refractivity contribution in [3.05, 3.63) is 6.92 Å². The first-order valence-electron chi connectivity index (χ1n) is 5.67. The summed E-state index contributed by atoms with van der Waals surface area (Å²) in [5, 5.41) is 0. The molecule has 0 aromatic carbocycles. The molecule has 1 saturated carbocycles. The lowest BCUT2D eigenvalue weighted by Crippen LogP contribution is -2.10. The van der Waals surface area contributed by atoms with E-state index in [1.54, 1.807) is 0 Å². The first kappa shape index (κ1) is 10.1. The van der Waals surface area contributed by atoms with Crippen LogP contribution in [0.15, 0.2) is 0 Å². The molecule has 12 heavy (non-hydrogen) atoms. The van der Waals surface area contributed by atoms with Crippen LogP contribution < -0.4 is 0 Å². The van der Waals surface area contributed by atoms with E-state index in [9.17, 15) is 0 Å². The molecule has 0 aromatic rings. The second-order valence-corrected chi connectivity index (χ2v) is 4.24. The quantitative estimate of drug-likeness (QED) is 0.575. The molecule has 0 saturated heterocycles. The van der Waals surface area contributed by atoms with Gasteiger partial charge in [-0.05, 0) is 11.8 Å². The van der Waals surface area contributed by atoms with Gasteiger partial charge in [0.2, 0.25) is 0 Å². The molecule has 1 rings (SSSR count). The zero-order valence-corrected chi connectivity index (χ0v) is 8.52. The Balaban J connectivity index is 2.22. The molecule has 1 radical (unpaired) electrons. The summed E-state index contributed by atoms with van der Waals surface area (Å²) in [6.45, 7) is 6.37. The van der Waals surface area contributed by atoms with Crippen molar-refractivity contribution in [3.63, 3.8) is 0 Å². The molecular weight excluding hydrogens is 144 g/mol. The Kier molecular flexibility index (Phi) is 4.72. The van der Waals surface area contributed by atoms with Crippen LogP contribution in [0.4, 0.5) is 0 Å². The van der Waals surface area contributed by atoms with Crippen molar-refractivity contribution in [1.29, 1.82) is 0 Å². The molecule has 0 heterocycles. The number of hydrogen-bond acceptors (Lipinski definition) is 0. The lowest BCUT2D eigenvalue weighted by Gasteiger charge is -2.21. The van der Waals surface area contributed by atoms with Gasteiger partial charge in [0.25, 0.3) is 0 Å². The van der Waals surface area contributed by atoms with Gasteiger partial charge in [-0.2, -0.15) is 0 Å². The number of hydrogen-bond donors (Lipinski definition) is 0. The van der Waals surface area contributed by atoms with Crippen LogP contribution in [0.3, 0.4) is 0 Å². The van der Waals surface area contributed by atoms with Gasteiger partial charge in [0, 0.05) is 0 Å². The van der Waals surface area contributed by atoms with Crippen LogP contribution in [-0.4, -0.2) is 0 Å². The van der Waals surface area contributed by atoms with Crippen molar-refractivity contribution >= 4 is 0 Å². The maximum Gasteiger partial charge on any atom is -0.0386 e. The maximum atomic E-state index is 4.08. The Hall–Kier alpha value is 0. The second kappa shape index (κ2) is 5.61. The molecule has 0 aliphatic heterocycles. The minimum atomic E-state index is 0.951. The zero-order chi connectivity index (χ0) is 8.81. The van der Waals surface area contributed by atoms with E-state index < -0.39 is 0 Å². The fourth-order valence-electron chi connectivity index (χ4n) is 2.51. The molecule has 1 atom stereocenters. The van der Waals surface area contributed by atoms with Gasteiger partial charge in [-0.15, -0.1) is 0 Å². The Morgan fingerprint density at radius 2 is 2.00 bits per heavy atom. The van der Waals surface area contributed by atoms with E-state index in [0.29, 0.717) is 0 Å². The predicted molar refractivity (Wildman–Crippen MR) is 54.9 cm³/mol. The summed E-state index contributed by atoms with van der Waals surface area (Å²) >= 11 is 0. The molecule has 0 aromatic heterocycles. The lowest BCUT2D eigenvalue weighted by atomic mass is 9.85. The van der Waals surface area contributed by atoms with E-state index in [0.717, 1.165) is 11.8 Å². The van der Waals surface area contributed by atoms with Gasteiger partial charge < -0.3 is 0 Å². The smallest absolute Gasteiger partial charge is 0.0386 e. The average molecular weight is 167 g/mol. The molecule has 1 aliphatic carbocycles. The van der Waals surface area contributed by atoms with Gasteiger partial charge in [-0.3, -0.25) is 0 Å². The van der Waals surface area contributed by atoms with Crippen molar-refractivity contribution in [2.24, 2.45) is 11.8 Å². The van der Waals surface area contributed by atoms with Gasteiger partial charge in [-0.25, -0.2) is 0 Å². The van der Waals surface area contributed by atoms with Crippen molar-refractivity contribution in [3.8, 4) is 0 Å². The van der Waals surface area contributed by atoms with E-state index in [4.69, 9.17) is 0 Å². The number of rotatable bonds is 5. The summed E-state index contributed by atoms with van der Waals surface area (Å²) in [6, 6.07) is 0. The number of unbranched alkanes of at least 4 members (excludes halogenated alkanes) is 1. The van der Waals surface area contributed by atoms with Crippen molar-refractivity contribution in [1.82, 2.24) is 0 Å². The van der Waals surface area contributed by atoms with Crippen LogP contribution in [0.2, 0.25) is 0 Å². The SMILES string of the molecule is [CH2]CC(CCCC)C1CCCC1. The first-order valence-corrected chi connectivity index (χ1v) is 5.67. The Morgan fingerprint density at radius 3 is 2.50 bits per heavy atom. The van der Waals surface area contributed by atoms with Gasteiger partial charge in [0.05, 0.1) is 0 Å². The summed E-state index contributed by atoms with van der Waals surface area (Å²) in [5.74, 6) is 1.99. The molecule has 71 valence electrons. The third kappa shape index (κ3) is 2.80. The molecule has 0 bridgehead atoms. The largest absolute Gasteiger partial charge is 0.0654 e. The van der Waals surface area contributed by atoms with Gasteiger partial charge in [0.15, 0.2) is 0 Å². The molecule has 1 aliphatic rings. The highest BCUT2D eigenvalue weighted by atomic mass is 14.3. The van der Waals surface area contributed by atoms with Crippen LogP contribution in [0, 0.1) is 18.8 Å². The highest BCUT2D eigenvalue weighted by molar-refractivity contribution is 4.75. The average Bonchev–Trinajstić information content (AvgIpc) is 2.59. The minimum absolute atomic E-state index is 0.951. The first-order chi connectivity index (χ1) is 5.88. The molecule has 1 unspecified atom stereocenters. The summed E-state index contributed by atoms with van der Waals surface area (Å²) in [5.41, 5.74) is 0. The Bertz CT molecular complexity index is 101. The third-order valence-corrected chi connectivity index (χ3v) is 3.37. The third-order valence-electron chi connectivity index (χ3n) is 3.37. The summed E-state index contributed by atoms with van der Waals surface area (Å²) < 4.78 is 0.